The lowest BCUT2D eigenvalue weighted by Crippen LogP contribution is -2.22. The van der Waals surface area contributed by atoms with E-state index in [0.29, 0.717) is 0 Å². The third-order valence-electron chi connectivity index (χ3n) is 2.15. The molecule has 0 saturated heterocycles. The molecular formula is C11H16O6. The largest absolute Gasteiger partial charge is 0.481 e. The Morgan fingerprint density at radius 1 is 1.35 bits per heavy atom. The number of ether oxygens (including phenoxy) is 1. The molecule has 0 spiro atoms. The van der Waals surface area contributed by atoms with Crippen molar-refractivity contribution in [3.8, 4) is 0 Å². The second-order valence-corrected chi connectivity index (χ2v) is 3.53. The van der Waals surface area contributed by atoms with Crippen LogP contribution in [0.2, 0.25) is 0 Å². The Labute approximate surface area is 98.9 Å². The van der Waals surface area contributed by atoms with Gasteiger partial charge in [-0.1, -0.05) is 6.58 Å². The van der Waals surface area contributed by atoms with E-state index in [1.807, 2.05) is 0 Å². The maximum Gasteiger partial charge on any atom is 0.332 e. The summed E-state index contributed by atoms with van der Waals surface area (Å²) in [4.78, 5) is 32.3. The molecule has 0 aromatic heterocycles. The van der Waals surface area contributed by atoms with Gasteiger partial charge in [0.2, 0.25) is 6.29 Å². The molecule has 0 heterocycles. The van der Waals surface area contributed by atoms with Crippen molar-refractivity contribution in [2.24, 2.45) is 5.92 Å². The number of carboxylic acid groups (broad SMARTS) is 1. The lowest BCUT2D eigenvalue weighted by molar-refractivity contribution is -0.163. The number of Topliss-reactive ketones (excluding diaryl/α,β-unsaturated/α-hetero) is 1. The van der Waals surface area contributed by atoms with E-state index < -0.39 is 29.9 Å². The molecule has 0 aliphatic rings. The van der Waals surface area contributed by atoms with Gasteiger partial charge in [0.05, 0.1) is 0 Å². The first-order valence-electron chi connectivity index (χ1n) is 5.12. The number of hydrogen-bond acceptors (Lipinski definition) is 5. The second-order valence-electron chi connectivity index (χ2n) is 3.53. The Kier molecular flexibility index (Phi) is 6.81. The molecule has 0 fully saturated rings. The number of rotatable bonds is 8. The van der Waals surface area contributed by atoms with E-state index in [4.69, 9.17) is 5.11 Å². The summed E-state index contributed by atoms with van der Waals surface area (Å²) in [7, 11) is 0. The average molecular weight is 244 g/mol. The quantitative estimate of drug-likeness (QED) is 0.279. The molecule has 0 aliphatic heterocycles. The highest BCUT2D eigenvalue weighted by molar-refractivity contribution is 5.96. The average Bonchev–Trinajstić information content (AvgIpc) is 2.22. The van der Waals surface area contributed by atoms with Crippen molar-refractivity contribution in [2.75, 3.05) is 0 Å². The van der Waals surface area contributed by atoms with E-state index in [-0.39, 0.29) is 19.3 Å². The van der Waals surface area contributed by atoms with Crippen molar-refractivity contribution in [3.05, 3.63) is 12.7 Å². The SMILES string of the molecule is C=CC(=O)OC(O)CCCC(C(C)=O)C(=O)O. The van der Waals surface area contributed by atoms with Gasteiger partial charge in [0.15, 0.2) is 0 Å². The molecule has 0 rings (SSSR count). The molecule has 0 aromatic rings. The van der Waals surface area contributed by atoms with Crippen molar-refractivity contribution in [3.63, 3.8) is 0 Å². The highest BCUT2D eigenvalue weighted by atomic mass is 16.6. The molecule has 2 N–H and O–H groups in total. The van der Waals surface area contributed by atoms with Gasteiger partial charge in [0.1, 0.15) is 11.7 Å². The van der Waals surface area contributed by atoms with Crippen LogP contribution in [-0.4, -0.2) is 34.2 Å². The van der Waals surface area contributed by atoms with E-state index in [1.54, 1.807) is 0 Å². The number of aliphatic carboxylic acids is 1. The maximum absolute atomic E-state index is 10.9. The normalized spacial score (nSPS) is 13.5. The Balaban J connectivity index is 3.96. The van der Waals surface area contributed by atoms with Crippen molar-refractivity contribution in [1.29, 1.82) is 0 Å². The molecule has 6 heteroatoms. The summed E-state index contributed by atoms with van der Waals surface area (Å²) < 4.78 is 4.47. The Hall–Kier alpha value is -1.69. The molecule has 0 saturated carbocycles. The monoisotopic (exact) mass is 244 g/mol. The summed E-state index contributed by atoms with van der Waals surface area (Å²) in [5.74, 6) is -3.44. The summed E-state index contributed by atoms with van der Waals surface area (Å²) in [5, 5.41) is 17.9. The van der Waals surface area contributed by atoms with Gasteiger partial charge in [0, 0.05) is 12.5 Å². The zero-order chi connectivity index (χ0) is 13.4. The number of aliphatic hydroxyl groups excluding tert-OH is 1. The molecule has 0 radical (unpaired) electrons. The lowest BCUT2D eigenvalue weighted by Gasteiger charge is -2.12. The smallest absolute Gasteiger partial charge is 0.332 e. The molecule has 0 aromatic carbocycles. The van der Waals surface area contributed by atoms with Crippen LogP contribution in [0.1, 0.15) is 26.2 Å². The molecule has 0 aliphatic carbocycles. The van der Waals surface area contributed by atoms with Crippen LogP contribution in [0.15, 0.2) is 12.7 Å². The fourth-order valence-corrected chi connectivity index (χ4v) is 1.24. The minimum Gasteiger partial charge on any atom is -0.481 e. The molecule has 17 heavy (non-hydrogen) atoms. The summed E-state index contributed by atoms with van der Waals surface area (Å²) in [6.45, 7) is 4.36. The number of aliphatic hydroxyl groups is 1. The summed E-state index contributed by atoms with van der Waals surface area (Å²) in [6, 6.07) is 0. The van der Waals surface area contributed by atoms with E-state index >= 15 is 0 Å². The van der Waals surface area contributed by atoms with Crippen molar-refractivity contribution >= 4 is 17.7 Å². The van der Waals surface area contributed by atoms with E-state index in [2.05, 4.69) is 11.3 Å². The van der Waals surface area contributed by atoms with Crippen LogP contribution in [-0.2, 0) is 19.1 Å². The number of hydrogen-bond donors (Lipinski definition) is 2. The third kappa shape index (κ3) is 6.47. The van der Waals surface area contributed by atoms with Crippen molar-refractivity contribution in [1.82, 2.24) is 0 Å². The predicted octanol–water partition coefficient (Wildman–Crippen LogP) is 0.494. The van der Waals surface area contributed by atoms with Crippen molar-refractivity contribution in [2.45, 2.75) is 32.5 Å². The molecule has 2 atom stereocenters. The highest BCUT2D eigenvalue weighted by Gasteiger charge is 2.22. The zero-order valence-corrected chi connectivity index (χ0v) is 9.59. The summed E-state index contributed by atoms with van der Waals surface area (Å²) in [6.07, 6.45) is 0.0623. The molecule has 6 nitrogen and oxygen atoms in total. The van der Waals surface area contributed by atoms with Gasteiger partial charge < -0.3 is 14.9 Å². The first kappa shape index (κ1) is 15.3. The van der Waals surface area contributed by atoms with Crippen LogP contribution in [0, 0.1) is 5.92 Å². The van der Waals surface area contributed by atoms with Crippen LogP contribution < -0.4 is 0 Å². The Morgan fingerprint density at radius 3 is 2.35 bits per heavy atom. The van der Waals surface area contributed by atoms with Crippen LogP contribution in [0.5, 0.6) is 0 Å². The minimum atomic E-state index is -1.30. The number of carboxylic acids is 1. The molecule has 0 bridgehead atoms. The van der Waals surface area contributed by atoms with Gasteiger partial charge >= 0.3 is 11.9 Å². The lowest BCUT2D eigenvalue weighted by atomic mass is 9.98. The fourth-order valence-electron chi connectivity index (χ4n) is 1.24. The Bertz CT molecular complexity index is 295. The van der Waals surface area contributed by atoms with Crippen LogP contribution in [0.4, 0.5) is 0 Å². The molecule has 0 amide bonds. The van der Waals surface area contributed by atoms with Crippen LogP contribution >= 0.6 is 0 Å². The zero-order valence-electron chi connectivity index (χ0n) is 9.59. The number of esters is 1. The van der Waals surface area contributed by atoms with E-state index in [1.165, 1.54) is 6.92 Å². The van der Waals surface area contributed by atoms with Gasteiger partial charge in [-0.05, 0) is 19.8 Å². The Morgan fingerprint density at radius 2 is 1.94 bits per heavy atom. The maximum atomic E-state index is 10.9. The van der Waals surface area contributed by atoms with E-state index in [0.717, 1.165) is 6.08 Å². The number of carbonyl (C=O) groups excluding carboxylic acids is 2. The van der Waals surface area contributed by atoms with Gasteiger partial charge in [-0.15, -0.1) is 0 Å². The predicted molar refractivity (Wildman–Crippen MR) is 58.0 cm³/mol. The molecule has 2 unspecified atom stereocenters. The molecule has 96 valence electrons. The van der Waals surface area contributed by atoms with Crippen LogP contribution in [0.25, 0.3) is 0 Å². The van der Waals surface area contributed by atoms with Crippen LogP contribution in [0.3, 0.4) is 0 Å². The topological polar surface area (TPSA) is 101 Å². The number of ketones is 1. The standard InChI is InChI=1S/C11H16O6/c1-3-9(13)17-10(14)6-4-5-8(7(2)12)11(15)16/h3,8,10,14H,1,4-6H2,2H3,(H,15,16). The number of carbonyl (C=O) groups is 3. The van der Waals surface area contributed by atoms with Gasteiger partial charge in [0.25, 0.3) is 0 Å². The summed E-state index contributed by atoms with van der Waals surface area (Å²) >= 11 is 0. The first-order chi connectivity index (χ1) is 7.88. The van der Waals surface area contributed by atoms with Crippen molar-refractivity contribution < 1.29 is 29.3 Å². The van der Waals surface area contributed by atoms with E-state index in [9.17, 15) is 19.5 Å². The second kappa shape index (κ2) is 7.56. The minimum absolute atomic E-state index is 0.0800. The first-order valence-corrected chi connectivity index (χ1v) is 5.12. The fraction of sp³-hybridized carbons (Fsp3) is 0.545. The van der Waals surface area contributed by atoms with Gasteiger partial charge in [-0.3, -0.25) is 9.59 Å². The molecular weight excluding hydrogens is 228 g/mol. The highest BCUT2D eigenvalue weighted by Crippen LogP contribution is 2.12. The summed E-state index contributed by atoms with van der Waals surface area (Å²) in [5.41, 5.74) is 0. The van der Waals surface area contributed by atoms with Gasteiger partial charge in [-0.25, -0.2) is 4.79 Å². The third-order valence-corrected chi connectivity index (χ3v) is 2.15. The van der Waals surface area contributed by atoms with Gasteiger partial charge in [-0.2, -0.15) is 0 Å².